The Balaban J connectivity index is 3.76. The fourth-order valence-electron chi connectivity index (χ4n) is 0.583. The molecular formula is C7H11Cl3O. The molecule has 0 atom stereocenters. The van der Waals surface area contributed by atoms with Crippen molar-refractivity contribution in [2.75, 3.05) is 6.61 Å². The summed E-state index contributed by atoms with van der Waals surface area (Å²) in [6.45, 7) is 4.40. The minimum atomic E-state index is -1.21. The van der Waals surface area contributed by atoms with Crippen LogP contribution in [-0.2, 0) is 4.74 Å². The average Bonchev–Trinajstić information content (AvgIpc) is 1.79. The first kappa shape index (κ1) is 11.4. The Morgan fingerprint density at radius 3 is 2.36 bits per heavy atom. The van der Waals surface area contributed by atoms with Crippen molar-refractivity contribution < 1.29 is 4.74 Å². The molecule has 0 rings (SSSR count). The molecule has 0 N–H and O–H groups in total. The van der Waals surface area contributed by atoms with E-state index in [1.165, 1.54) is 0 Å². The molecule has 0 aromatic carbocycles. The fraction of sp³-hybridized carbons (Fsp3) is 0.714. The molecule has 0 aliphatic carbocycles. The van der Waals surface area contributed by atoms with Crippen LogP contribution in [0.4, 0.5) is 0 Å². The minimum absolute atomic E-state index is 0.400. The van der Waals surface area contributed by atoms with Crippen molar-refractivity contribution in [3.63, 3.8) is 0 Å². The number of alkyl halides is 3. The Kier molecular flexibility index (Phi) is 5.32. The maximum Gasteiger partial charge on any atom is 0.194 e. The zero-order valence-electron chi connectivity index (χ0n) is 6.53. The van der Waals surface area contributed by atoms with E-state index < -0.39 is 3.79 Å². The Labute approximate surface area is 82.3 Å². The normalized spacial score (nSPS) is 13.4. The predicted octanol–water partition coefficient (Wildman–Crippen LogP) is 3.69. The summed E-state index contributed by atoms with van der Waals surface area (Å²) in [5, 5.41) is 0. The number of ether oxygens (including phenoxy) is 1. The summed E-state index contributed by atoms with van der Waals surface area (Å²) in [6, 6.07) is 0. The van der Waals surface area contributed by atoms with Gasteiger partial charge in [-0.15, -0.1) is 0 Å². The molecule has 0 saturated heterocycles. The van der Waals surface area contributed by atoms with Gasteiger partial charge in [-0.1, -0.05) is 34.8 Å². The lowest BCUT2D eigenvalue weighted by molar-refractivity contribution is 0.265. The van der Waals surface area contributed by atoms with Crippen LogP contribution in [-0.4, -0.2) is 10.4 Å². The fourth-order valence-corrected chi connectivity index (χ4v) is 1.22. The van der Waals surface area contributed by atoms with E-state index in [0.717, 1.165) is 5.57 Å². The lowest BCUT2D eigenvalue weighted by atomic mass is 10.3. The minimum Gasteiger partial charge on any atom is -0.502 e. The van der Waals surface area contributed by atoms with Crippen molar-refractivity contribution in [1.82, 2.24) is 0 Å². The van der Waals surface area contributed by atoms with Gasteiger partial charge in [0.25, 0.3) is 0 Å². The van der Waals surface area contributed by atoms with Gasteiger partial charge >= 0.3 is 0 Å². The van der Waals surface area contributed by atoms with Gasteiger partial charge in [0.1, 0.15) is 0 Å². The first-order valence-electron chi connectivity index (χ1n) is 3.29. The molecule has 4 heteroatoms. The highest BCUT2D eigenvalue weighted by Gasteiger charge is 2.19. The Hall–Kier alpha value is 0.410. The second-order valence-electron chi connectivity index (χ2n) is 2.21. The highest BCUT2D eigenvalue weighted by Crippen LogP contribution is 2.32. The summed E-state index contributed by atoms with van der Waals surface area (Å²) >= 11 is 16.6. The lowest BCUT2D eigenvalue weighted by Gasteiger charge is -2.10. The molecule has 1 nitrogen and oxygen atoms in total. The third-order valence-electron chi connectivity index (χ3n) is 0.930. The molecule has 0 aromatic heterocycles. The molecule has 0 saturated carbocycles. The topological polar surface area (TPSA) is 9.23 Å². The van der Waals surface area contributed by atoms with Crippen LogP contribution in [0, 0.1) is 0 Å². The summed E-state index contributed by atoms with van der Waals surface area (Å²) in [5.74, 6) is 0. The van der Waals surface area contributed by atoms with Crippen LogP contribution in [0.3, 0.4) is 0 Å². The Bertz CT molecular complexity index is 137. The van der Waals surface area contributed by atoms with Crippen LogP contribution >= 0.6 is 34.8 Å². The van der Waals surface area contributed by atoms with Gasteiger partial charge in [0.2, 0.25) is 0 Å². The van der Waals surface area contributed by atoms with Crippen LogP contribution in [0.2, 0.25) is 0 Å². The molecule has 0 heterocycles. The molecule has 0 unspecified atom stereocenters. The number of rotatable bonds is 3. The maximum absolute atomic E-state index is 5.54. The van der Waals surface area contributed by atoms with E-state index in [2.05, 4.69) is 0 Å². The van der Waals surface area contributed by atoms with Crippen LogP contribution in [0.5, 0.6) is 0 Å². The second-order valence-corrected chi connectivity index (χ2v) is 4.73. The van der Waals surface area contributed by atoms with Gasteiger partial charge in [-0.25, -0.2) is 0 Å². The summed E-state index contributed by atoms with van der Waals surface area (Å²) in [6.07, 6.45) is 2.01. The highest BCUT2D eigenvalue weighted by molar-refractivity contribution is 6.67. The molecule has 0 aliphatic heterocycles. The van der Waals surface area contributed by atoms with Crippen LogP contribution in [0.1, 0.15) is 20.3 Å². The standard InChI is InChI=1S/C7H11Cl3O/c1-3-11-5-6(2)4-7(8,9)10/h5H,3-4H2,1-2H3/b6-5+. The van der Waals surface area contributed by atoms with Crippen molar-refractivity contribution in [2.24, 2.45) is 0 Å². The van der Waals surface area contributed by atoms with E-state index in [0.29, 0.717) is 13.0 Å². The van der Waals surface area contributed by atoms with Crippen LogP contribution in [0.15, 0.2) is 11.8 Å². The van der Waals surface area contributed by atoms with Gasteiger partial charge in [-0.3, -0.25) is 0 Å². The molecule has 0 radical (unpaired) electrons. The van der Waals surface area contributed by atoms with Gasteiger partial charge < -0.3 is 4.74 Å². The average molecular weight is 218 g/mol. The van der Waals surface area contributed by atoms with E-state index in [-0.39, 0.29) is 0 Å². The zero-order chi connectivity index (χ0) is 8.91. The molecule has 0 amide bonds. The molecule has 0 fully saturated rings. The monoisotopic (exact) mass is 216 g/mol. The third kappa shape index (κ3) is 8.32. The van der Waals surface area contributed by atoms with Crippen molar-refractivity contribution in [1.29, 1.82) is 0 Å². The number of halogens is 3. The lowest BCUT2D eigenvalue weighted by Crippen LogP contribution is -2.02. The van der Waals surface area contributed by atoms with E-state index >= 15 is 0 Å². The van der Waals surface area contributed by atoms with Crippen molar-refractivity contribution >= 4 is 34.8 Å². The summed E-state index contributed by atoms with van der Waals surface area (Å²) in [7, 11) is 0. The first-order chi connectivity index (χ1) is 4.95. The SMILES string of the molecule is CCO/C=C(\C)CC(Cl)(Cl)Cl. The quantitative estimate of drug-likeness (QED) is 0.517. The first-order valence-corrected chi connectivity index (χ1v) is 4.43. The smallest absolute Gasteiger partial charge is 0.194 e. The largest absolute Gasteiger partial charge is 0.502 e. The highest BCUT2D eigenvalue weighted by atomic mass is 35.6. The van der Waals surface area contributed by atoms with Crippen molar-refractivity contribution in [2.45, 2.75) is 24.1 Å². The van der Waals surface area contributed by atoms with Crippen molar-refractivity contribution in [3.8, 4) is 0 Å². The molecule has 0 spiro atoms. The Morgan fingerprint density at radius 2 is 2.00 bits per heavy atom. The summed E-state index contributed by atoms with van der Waals surface area (Å²) in [5.41, 5.74) is 0.923. The summed E-state index contributed by atoms with van der Waals surface area (Å²) < 4.78 is 3.79. The van der Waals surface area contributed by atoms with Crippen LogP contribution in [0.25, 0.3) is 0 Å². The van der Waals surface area contributed by atoms with Gasteiger partial charge in [0.15, 0.2) is 3.79 Å². The zero-order valence-corrected chi connectivity index (χ0v) is 8.80. The number of hydrogen-bond donors (Lipinski definition) is 0. The van der Waals surface area contributed by atoms with Gasteiger partial charge in [-0.2, -0.15) is 0 Å². The van der Waals surface area contributed by atoms with Gasteiger partial charge in [0.05, 0.1) is 12.9 Å². The molecule has 66 valence electrons. The predicted molar refractivity (Wildman–Crippen MR) is 50.3 cm³/mol. The second kappa shape index (κ2) is 5.13. The van der Waals surface area contributed by atoms with E-state index in [1.807, 2.05) is 13.8 Å². The van der Waals surface area contributed by atoms with E-state index in [1.54, 1.807) is 6.26 Å². The van der Waals surface area contributed by atoms with Gasteiger partial charge in [-0.05, 0) is 19.4 Å². The maximum atomic E-state index is 5.54. The molecule has 0 bridgehead atoms. The summed E-state index contributed by atoms with van der Waals surface area (Å²) in [4.78, 5) is 0. The third-order valence-corrected chi connectivity index (χ3v) is 1.33. The van der Waals surface area contributed by atoms with E-state index in [4.69, 9.17) is 39.5 Å². The van der Waals surface area contributed by atoms with Crippen molar-refractivity contribution in [3.05, 3.63) is 11.8 Å². The van der Waals surface area contributed by atoms with E-state index in [9.17, 15) is 0 Å². The molecule has 11 heavy (non-hydrogen) atoms. The number of hydrogen-bond acceptors (Lipinski definition) is 1. The van der Waals surface area contributed by atoms with Crippen LogP contribution < -0.4 is 0 Å². The molecular weight excluding hydrogens is 206 g/mol. The molecule has 0 aliphatic rings. The molecule has 0 aromatic rings. The Morgan fingerprint density at radius 1 is 1.45 bits per heavy atom. The number of allylic oxidation sites excluding steroid dienone is 1. The van der Waals surface area contributed by atoms with Gasteiger partial charge in [0, 0.05) is 6.42 Å².